The Morgan fingerprint density at radius 2 is 2.04 bits per heavy atom. The van der Waals surface area contributed by atoms with Gasteiger partial charge in [-0.05, 0) is 43.5 Å². The Bertz CT molecular complexity index is 740. The van der Waals surface area contributed by atoms with E-state index in [2.05, 4.69) is 23.2 Å². The van der Waals surface area contributed by atoms with Gasteiger partial charge in [0, 0.05) is 6.42 Å². The number of fused-ring (bicyclic) bond motifs is 3. The zero-order chi connectivity index (χ0) is 17.6. The highest BCUT2D eigenvalue weighted by Gasteiger charge is 2.26. The van der Waals surface area contributed by atoms with Crippen molar-refractivity contribution in [1.82, 2.24) is 14.8 Å². The number of nitrogens with zero attached hydrogens (tertiary/aromatic N) is 3. The fourth-order valence-corrected chi connectivity index (χ4v) is 3.09. The summed E-state index contributed by atoms with van der Waals surface area (Å²) in [5.74, 6) is 1.48. The molecule has 0 saturated heterocycles. The van der Waals surface area contributed by atoms with Gasteiger partial charge < -0.3 is 9.47 Å². The molecule has 3 rings (SSSR count). The van der Waals surface area contributed by atoms with E-state index >= 15 is 0 Å². The van der Waals surface area contributed by atoms with Crippen molar-refractivity contribution in [3.63, 3.8) is 0 Å². The Balaban J connectivity index is 1.77. The van der Waals surface area contributed by atoms with Gasteiger partial charge in [-0.3, -0.25) is 4.57 Å². The zero-order valence-corrected chi connectivity index (χ0v) is 15.0. The average Bonchev–Trinajstić information content (AvgIpc) is 3.06. The number of benzene rings is 1. The summed E-state index contributed by atoms with van der Waals surface area (Å²) >= 11 is 0. The van der Waals surface area contributed by atoms with Crippen LogP contribution in [0.2, 0.25) is 0 Å². The molecule has 2 heterocycles. The van der Waals surface area contributed by atoms with Crippen LogP contribution in [0, 0.1) is 0 Å². The summed E-state index contributed by atoms with van der Waals surface area (Å²) in [6, 6.07) is 5.99. The molecule has 1 aliphatic heterocycles. The standard InChI is InChI=1S/C19H25N3O3/c1-3-5-6-7-12-25-15-9-10-16-14(13-15)8-11-17-20-21-18(22(16)17)19(23)24-4-2/h9-10,13H,3-8,11-12H2,1-2H3. The third kappa shape index (κ3) is 3.83. The first-order valence-corrected chi connectivity index (χ1v) is 9.12. The van der Waals surface area contributed by atoms with E-state index in [1.54, 1.807) is 6.92 Å². The molecule has 0 spiro atoms. The number of rotatable bonds is 8. The van der Waals surface area contributed by atoms with Crippen molar-refractivity contribution in [2.24, 2.45) is 0 Å². The Hall–Kier alpha value is -2.37. The highest BCUT2D eigenvalue weighted by molar-refractivity contribution is 5.86. The number of unbranched alkanes of at least 4 members (excludes halogenated alkanes) is 3. The lowest BCUT2D eigenvalue weighted by Crippen LogP contribution is -2.18. The van der Waals surface area contributed by atoms with Crippen molar-refractivity contribution in [2.45, 2.75) is 52.4 Å². The quantitative estimate of drug-likeness (QED) is 0.542. The molecular weight excluding hydrogens is 318 g/mol. The molecule has 0 radical (unpaired) electrons. The zero-order valence-electron chi connectivity index (χ0n) is 15.0. The van der Waals surface area contributed by atoms with Gasteiger partial charge in [-0.2, -0.15) is 0 Å². The number of aromatic nitrogens is 3. The second-order valence-corrected chi connectivity index (χ2v) is 6.20. The molecule has 6 heteroatoms. The van der Waals surface area contributed by atoms with E-state index in [1.165, 1.54) is 19.3 Å². The fourth-order valence-electron chi connectivity index (χ4n) is 3.09. The Kier molecular flexibility index (Phi) is 5.68. The van der Waals surface area contributed by atoms with Crippen LogP contribution in [0.3, 0.4) is 0 Å². The van der Waals surface area contributed by atoms with Gasteiger partial charge in [0.25, 0.3) is 0 Å². The molecule has 0 atom stereocenters. The molecular formula is C19H25N3O3. The second-order valence-electron chi connectivity index (χ2n) is 6.20. The van der Waals surface area contributed by atoms with E-state index < -0.39 is 5.97 Å². The predicted molar refractivity (Wildman–Crippen MR) is 94.4 cm³/mol. The highest BCUT2D eigenvalue weighted by Crippen LogP contribution is 2.29. The maximum absolute atomic E-state index is 12.1. The van der Waals surface area contributed by atoms with Crippen LogP contribution in [0.1, 0.15) is 61.5 Å². The maximum Gasteiger partial charge on any atom is 0.376 e. The third-order valence-corrected chi connectivity index (χ3v) is 4.36. The molecule has 1 aliphatic rings. The summed E-state index contributed by atoms with van der Waals surface area (Å²) in [6.07, 6.45) is 6.37. The van der Waals surface area contributed by atoms with Crippen LogP contribution in [0.25, 0.3) is 5.69 Å². The predicted octanol–water partition coefficient (Wildman–Crippen LogP) is 3.50. The summed E-state index contributed by atoms with van der Waals surface area (Å²) in [6.45, 7) is 5.04. The Morgan fingerprint density at radius 3 is 2.84 bits per heavy atom. The summed E-state index contributed by atoms with van der Waals surface area (Å²) < 4.78 is 12.8. The summed E-state index contributed by atoms with van der Waals surface area (Å²) in [4.78, 5) is 12.1. The molecule has 25 heavy (non-hydrogen) atoms. The molecule has 0 N–H and O–H groups in total. The molecule has 0 bridgehead atoms. The van der Waals surface area contributed by atoms with Gasteiger partial charge in [0.05, 0.1) is 18.9 Å². The number of ether oxygens (including phenoxy) is 2. The number of carbonyl (C=O) groups excluding carboxylic acids is 1. The maximum atomic E-state index is 12.1. The van der Waals surface area contributed by atoms with Crippen molar-refractivity contribution in [3.05, 3.63) is 35.4 Å². The van der Waals surface area contributed by atoms with E-state index in [9.17, 15) is 4.79 Å². The monoisotopic (exact) mass is 343 g/mol. The first-order chi connectivity index (χ1) is 12.2. The molecule has 1 aromatic carbocycles. The summed E-state index contributed by atoms with van der Waals surface area (Å²) in [7, 11) is 0. The van der Waals surface area contributed by atoms with Crippen LogP contribution in [-0.2, 0) is 17.6 Å². The van der Waals surface area contributed by atoms with Crippen molar-refractivity contribution in [3.8, 4) is 11.4 Å². The minimum Gasteiger partial charge on any atom is -0.494 e. The van der Waals surface area contributed by atoms with E-state index in [4.69, 9.17) is 9.47 Å². The number of hydrogen-bond acceptors (Lipinski definition) is 5. The molecule has 0 aliphatic carbocycles. The summed E-state index contributed by atoms with van der Waals surface area (Å²) in [5.41, 5.74) is 2.08. The summed E-state index contributed by atoms with van der Waals surface area (Å²) in [5, 5.41) is 8.16. The molecule has 0 amide bonds. The fraction of sp³-hybridized carbons (Fsp3) is 0.526. The average molecular weight is 343 g/mol. The highest BCUT2D eigenvalue weighted by atomic mass is 16.5. The molecule has 0 fully saturated rings. The Morgan fingerprint density at radius 1 is 1.16 bits per heavy atom. The first-order valence-electron chi connectivity index (χ1n) is 9.12. The number of esters is 1. The van der Waals surface area contributed by atoms with Crippen LogP contribution >= 0.6 is 0 Å². The van der Waals surface area contributed by atoms with E-state index in [1.807, 2.05) is 16.7 Å². The van der Waals surface area contributed by atoms with Crippen LogP contribution in [0.4, 0.5) is 0 Å². The molecule has 0 unspecified atom stereocenters. The van der Waals surface area contributed by atoms with Crippen LogP contribution < -0.4 is 4.74 Å². The topological polar surface area (TPSA) is 66.2 Å². The normalized spacial score (nSPS) is 12.4. The van der Waals surface area contributed by atoms with E-state index in [0.717, 1.165) is 48.7 Å². The van der Waals surface area contributed by atoms with Gasteiger partial charge in [-0.25, -0.2) is 4.79 Å². The minimum atomic E-state index is -0.439. The number of hydrogen-bond donors (Lipinski definition) is 0. The Labute approximate surface area is 148 Å². The van der Waals surface area contributed by atoms with Gasteiger partial charge in [0.2, 0.25) is 5.82 Å². The lowest BCUT2D eigenvalue weighted by molar-refractivity contribution is 0.0509. The second kappa shape index (κ2) is 8.14. The van der Waals surface area contributed by atoms with Gasteiger partial charge >= 0.3 is 5.97 Å². The first kappa shape index (κ1) is 17.5. The van der Waals surface area contributed by atoms with Crippen molar-refractivity contribution in [2.75, 3.05) is 13.2 Å². The van der Waals surface area contributed by atoms with Crippen LogP contribution in [0.5, 0.6) is 5.75 Å². The molecule has 6 nitrogen and oxygen atoms in total. The number of carbonyl (C=O) groups is 1. The number of aryl methyl sites for hydroxylation is 2. The lowest BCUT2D eigenvalue weighted by Gasteiger charge is -2.20. The third-order valence-electron chi connectivity index (χ3n) is 4.36. The molecule has 134 valence electrons. The molecule has 0 saturated carbocycles. The van der Waals surface area contributed by atoms with Gasteiger partial charge in [-0.15, -0.1) is 10.2 Å². The molecule has 2 aromatic rings. The van der Waals surface area contributed by atoms with Gasteiger partial charge in [-0.1, -0.05) is 26.2 Å². The van der Waals surface area contributed by atoms with Crippen molar-refractivity contribution in [1.29, 1.82) is 0 Å². The lowest BCUT2D eigenvalue weighted by atomic mass is 10.0. The van der Waals surface area contributed by atoms with Gasteiger partial charge in [0.1, 0.15) is 11.6 Å². The van der Waals surface area contributed by atoms with E-state index in [-0.39, 0.29) is 5.82 Å². The SMILES string of the molecule is CCCCCCOc1ccc2c(c1)CCc1nnc(C(=O)OCC)n1-2. The van der Waals surface area contributed by atoms with Crippen LogP contribution in [-0.4, -0.2) is 33.9 Å². The van der Waals surface area contributed by atoms with Crippen LogP contribution in [0.15, 0.2) is 18.2 Å². The molecule has 1 aromatic heterocycles. The minimum absolute atomic E-state index is 0.242. The smallest absolute Gasteiger partial charge is 0.376 e. The van der Waals surface area contributed by atoms with Crippen molar-refractivity contribution < 1.29 is 14.3 Å². The van der Waals surface area contributed by atoms with Crippen molar-refractivity contribution >= 4 is 5.97 Å². The van der Waals surface area contributed by atoms with Gasteiger partial charge in [0.15, 0.2) is 0 Å². The largest absolute Gasteiger partial charge is 0.494 e. The van der Waals surface area contributed by atoms with E-state index in [0.29, 0.717) is 6.61 Å².